The summed E-state index contributed by atoms with van der Waals surface area (Å²) in [5.41, 5.74) is 4.57. The molecule has 74 heavy (non-hydrogen) atoms. The minimum absolute atomic E-state index is 0.0521. The van der Waals surface area contributed by atoms with Crippen LogP contribution in [0.2, 0.25) is 0 Å². The van der Waals surface area contributed by atoms with Crippen molar-refractivity contribution in [3.8, 4) is 0 Å². The summed E-state index contributed by atoms with van der Waals surface area (Å²) >= 11 is 0. The first-order valence-corrected chi connectivity index (χ1v) is 29.4. The second-order valence-electron chi connectivity index (χ2n) is 18.7. The molecule has 1 fully saturated rings. The van der Waals surface area contributed by atoms with Crippen LogP contribution in [-0.4, -0.2) is 96.9 Å². The minimum atomic E-state index is -5.49. The number of hydrogen-bond donors (Lipinski definition) is 6. The third kappa shape index (κ3) is 32.6. The van der Waals surface area contributed by atoms with Crippen molar-refractivity contribution in [3.63, 3.8) is 0 Å². The number of nitrogens with two attached hydrogens (primary N) is 1. The zero-order valence-electron chi connectivity index (χ0n) is 43.9. The number of carbonyl (C=O) groups is 2. The molecule has 3 unspecified atom stereocenters. The maximum absolute atomic E-state index is 12.9. The third-order valence-corrected chi connectivity index (χ3v) is 14.2. The van der Waals surface area contributed by atoms with Crippen molar-refractivity contribution in [2.24, 2.45) is 5.92 Å². The number of anilines is 1. The Morgan fingerprint density at radius 2 is 1.27 bits per heavy atom. The number of phosphoric acid groups is 2. The van der Waals surface area contributed by atoms with Crippen LogP contribution < -0.4 is 11.4 Å². The molecule has 19 nitrogen and oxygen atoms in total. The lowest BCUT2D eigenvalue weighted by atomic mass is 10.0. The number of aliphatic hydroxyl groups is 3. The molecule has 420 valence electrons. The lowest BCUT2D eigenvalue weighted by molar-refractivity contribution is -0.161. The molecule has 0 amide bonds. The number of carbonyl (C=O) groups excluding carboxylic acids is 2. The fraction of sp³-hybridized carbons (Fsp3) is 0.660. The smallest absolute Gasteiger partial charge is 0.462 e. The molecule has 0 aromatic carbocycles. The molecule has 2 rings (SSSR count). The molecule has 0 saturated carbocycles. The SMILES string of the molecule is CC/C=C\C/C=C\C/C=C\C/C=C\C/C=C\C=C/C(O)CCC(=O)O[C@H](COC(=O)CCCCCCCCCCCCCCCC(C)C)COP(=O)(O)OP(=O)(O)OC[C@H]1O[C@@H](n2ccc(N)nc2=O)[C@H](O)[C@@H]1O. The topological polar surface area (TPSA) is 286 Å². The monoisotopic (exact) mass is 1080 g/mol. The van der Waals surface area contributed by atoms with Gasteiger partial charge in [0.15, 0.2) is 12.3 Å². The molecule has 1 aromatic heterocycles. The molecule has 1 aliphatic rings. The van der Waals surface area contributed by atoms with Gasteiger partial charge in [0.05, 0.1) is 19.3 Å². The van der Waals surface area contributed by atoms with Crippen LogP contribution in [0.25, 0.3) is 0 Å². The summed E-state index contributed by atoms with van der Waals surface area (Å²) in [5, 5.41) is 31.4. The van der Waals surface area contributed by atoms with E-state index in [0.29, 0.717) is 12.8 Å². The Hall–Kier alpha value is -3.84. The van der Waals surface area contributed by atoms with Gasteiger partial charge in [-0.15, -0.1) is 0 Å². The van der Waals surface area contributed by atoms with Gasteiger partial charge in [0.1, 0.15) is 30.7 Å². The number of nitrogen functional groups attached to an aromatic ring is 1. The number of esters is 2. The number of allylic oxidation sites excluding steroid dienone is 11. The molecule has 0 aliphatic carbocycles. The van der Waals surface area contributed by atoms with E-state index in [4.69, 9.17) is 29.0 Å². The van der Waals surface area contributed by atoms with Crippen molar-refractivity contribution in [1.29, 1.82) is 0 Å². The Balaban J connectivity index is 1.86. The van der Waals surface area contributed by atoms with Crippen LogP contribution in [0.3, 0.4) is 0 Å². The van der Waals surface area contributed by atoms with Crippen LogP contribution in [0, 0.1) is 5.92 Å². The molecule has 21 heteroatoms. The van der Waals surface area contributed by atoms with Gasteiger partial charge in [0.2, 0.25) is 0 Å². The summed E-state index contributed by atoms with van der Waals surface area (Å²) in [4.78, 5) is 62.0. The summed E-state index contributed by atoms with van der Waals surface area (Å²) in [7, 11) is -11.0. The molecular formula is C53H87N3O16P2. The predicted octanol–water partition coefficient (Wildman–Crippen LogP) is 10.1. The molecule has 0 radical (unpaired) electrons. The Bertz CT molecular complexity index is 2060. The second kappa shape index (κ2) is 39.5. The summed E-state index contributed by atoms with van der Waals surface area (Å²) in [6, 6.07) is 1.23. The van der Waals surface area contributed by atoms with Crippen LogP contribution in [-0.2, 0) is 46.3 Å². The Morgan fingerprint density at radius 1 is 0.730 bits per heavy atom. The first-order chi connectivity index (χ1) is 35.4. The molecule has 0 spiro atoms. The van der Waals surface area contributed by atoms with Gasteiger partial charge in [0, 0.05) is 19.0 Å². The number of aromatic nitrogens is 2. The van der Waals surface area contributed by atoms with Crippen molar-refractivity contribution in [3.05, 3.63) is 95.7 Å². The van der Waals surface area contributed by atoms with Gasteiger partial charge >= 0.3 is 33.3 Å². The third-order valence-electron chi connectivity index (χ3n) is 11.6. The minimum Gasteiger partial charge on any atom is -0.462 e. The summed E-state index contributed by atoms with van der Waals surface area (Å²) in [5.74, 6) is -0.815. The van der Waals surface area contributed by atoms with Crippen LogP contribution in [0.1, 0.15) is 168 Å². The largest absolute Gasteiger partial charge is 0.481 e. The summed E-state index contributed by atoms with van der Waals surface area (Å²) in [6.45, 7) is 4.12. The van der Waals surface area contributed by atoms with E-state index in [1.54, 1.807) is 12.2 Å². The number of ether oxygens (including phenoxy) is 3. The molecule has 1 aromatic rings. The highest BCUT2D eigenvalue weighted by Gasteiger charge is 2.46. The van der Waals surface area contributed by atoms with Crippen molar-refractivity contribution in [2.45, 2.75) is 199 Å². The van der Waals surface area contributed by atoms with E-state index in [-0.39, 0.29) is 25.1 Å². The average molecular weight is 1080 g/mol. The molecule has 8 atom stereocenters. The fourth-order valence-corrected chi connectivity index (χ4v) is 9.60. The molecule has 7 N–H and O–H groups in total. The van der Waals surface area contributed by atoms with Crippen molar-refractivity contribution < 1.29 is 71.4 Å². The van der Waals surface area contributed by atoms with Crippen molar-refractivity contribution >= 4 is 33.4 Å². The molecule has 2 heterocycles. The number of phosphoric ester groups is 2. The van der Waals surface area contributed by atoms with E-state index in [1.165, 1.54) is 69.9 Å². The first-order valence-electron chi connectivity index (χ1n) is 26.4. The Kier molecular flexibility index (Phi) is 35.4. The van der Waals surface area contributed by atoms with Gasteiger partial charge in [-0.25, -0.2) is 13.9 Å². The number of nitrogens with zero attached hydrogens (tertiary/aromatic N) is 2. The van der Waals surface area contributed by atoms with E-state index in [2.05, 4.69) is 72.6 Å². The molecular weight excluding hydrogens is 997 g/mol. The van der Waals surface area contributed by atoms with Crippen LogP contribution >= 0.6 is 15.6 Å². The second-order valence-corrected chi connectivity index (χ2v) is 21.7. The first kappa shape index (κ1) is 66.3. The number of rotatable bonds is 42. The lowest BCUT2D eigenvalue weighted by Crippen LogP contribution is -2.36. The lowest BCUT2D eigenvalue weighted by Gasteiger charge is -2.21. The normalized spacial score (nSPS) is 20.0. The van der Waals surface area contributed by atoms with E-state index in [9.17, 15) is 48.6 Å². The number of unbranched alkanes of at least 4 members (excludes halogenated alkanes) is 12. The predicted molar refractivity (Wildman–Crippen MR) is 285 cm³/mol. The maximum Gasteiger partial charge on any atom is 0.481 e. The standard InChI is InChI=1S/C53H87N3O16P2/c1-4-5-6-7-8-9-10-11-12-13-16-19-22-25-28-31-34-44(57)36-37-49(59)70-45(40-67-48(58)35-32-29-26-23-20-17-14-15-18-21-24-27-30-33-43(2)3)41-68-73(63,64)72-74(65,66)69-42-46-50(60)51(61)52(71-46)56-39-38-47(54)55-53(56)62/h5-6,8-9,11-12,16,19,25,28,31,34,38-39,43-46,50-52,57,60-61H,4,7,10,13-15,17-18,20-24,26-27,29-30,32-33,35-37,40-42H2,1-3H3,(H,63,64)(H,65,66)(H2,54,55,62)/b6-5-,9-8-,12-11-,19-16-,28-25-,34-31-/t44?,45-,46-,50-,51-,52-/m1/s1. The highest BCUT2D eigenvalue weighted by Crippen LogP contribution is 2.60. The Morgan fingerprint density at radius 3 is 1.84 bits per heavy atom. The van der Waals surface area contributed by atoms with Gasteiger partial charge in [-0.3, -0.25) is 23.2 Å². The van der Waals surface area contributed by atoms with Gasteiger partial charge in [-0.1, -0.05) is 177 Å². The zero-order valence-corrected chi connectivity index (χ0v) is 45.7. The fourth-order valence-electron chi connectivity index (χ4n) is 7.49. The molecule has 1 aliphatic heterocycles. The Labute approximate surface area is 438 Å². The number of hydrogen-bond acceptors (Lipinski definition) is 16. The van der Waals surface area contributed by atoms with Gasteiger partial charge in [-0.05, 0) is 56.9 Å². The number of aliphatic hydroxyl groups excluding tert-OH is 3. The highest BCUT2D eigenvalue weighted by molar-refractivity contribution is 7.61. The van der Waals surface area contributed by atoms with Gasteiger partial charge in [0.25, 0.3) is 0 Å². The van der Waals surface area contributed by atoms with E-state index in [1.807, 2.05) is 12.2 Å². The van der Waals surface area contributed by atoms with Crippen LogP contribution in [0.15, 0.2) is 90.0 Å². The van der Waals surface area contributed by atoms with Crippen LogP contribution in [0.5, 0.6) is 0 Å². The van der Waals surface area contributed by atoms with Gasteiger partial charge in [-0.2, -0.15) is 9.29 Å². The summed E-state index contributed by atoms with van der Waals surface area (Å²) in [6.07, 6.45) is 36.0. The summed E-state index contributed by atoms with van der Waals surface area (Å²) < 4.78 is 56.6. The highest BCUT2D eigenvalue weighted by atomic mass is 31.3. The van der Waals surface area contributed by atoms with E-state index >= 15 is 0 Å². The maximum atomic E-state index is 12.9. The molecule has 1 saturated heterocycles. The van der Waals surface area contributed by atoms with E-state index in [0.717, 1.165) is 68.0 Å². The van der Waals surface area contributed by atoms with Gasteiger partial charge < -0.3 is 45.1 Å². The quantitative estimate of drug-likeness (QED) is 0.0117. The van der Waals surface area contributed by atoms with E-state index < -0.39 is 89.8 Å². The average Bonchev–Trinajstić information content (AvgIpc) is 3.62. The van der Waals surface area contributed by atoms with Crippen molar-refractivity contribution in [1.82, 2.24) is 9.55 Å². The molecule has 0 bridgehead atoms. The van der Waals surface area contributed by atoms with Crippen LogP contribution in [0.4, 0.5) is 5.82 Å². The zero-order chi connectivity index (χ0) is 54.5. The van der Waals surface area contributed by atoms with Crippen molar-refractivity contribution in [2.75, 3.05) is 25.6 Å².